The van der Waals surface area contributed by atoms with Crippen LogP contribution in [0.1, 0.15) is 11.8 Å². The molecule has 23 heavy (non-hydrogen) atoms. The van der Waals surface area contributed by atoms with E-state index in [1.165, 1.54) is 23.5 Å². The van der Waals surface area contributed by atoms with Gasteiger partial charge in [0.05, 0.1) is 4.90 Å². The molecule has 1 atom stereocenters. The Bertz CT molecular complexity index is 882. The molecular formula is C17H17NO3S2. The smallest absolute Gasteiger partial charge is 0.240 e. The number of benzene rings is 2. The molecule has 0 spiro atoms. The number of rotatable bonds is 5. The van der Waals surface area contributed by atoms with Crippen molar-refractivity contribution in [3.63, 3.8) is 0 Å². The minimum atomic E-state index is -3.64. The van der Waals surface area contributed by atoms with E-state index >= 15 is 0 Å². The van der Waals surface area contributed by atoms with Gasteiger partial charge in [0, 0.05) is 16.1 Å². The molecule has 0 saturated heterocycles. The minimum absolute atomic E-state index is 0.0863. The highest BCUT2D eigenvalue weighted by Gasteiger charge is 2.28. The highest BCUT2D eigenvalue weighted by atomic mass is 32.2. The van der Waals surface area contributed by atoms with Crippen molar-refractivity contribution < 1.29 is 13.5 Å². The van der Waals surface area contributed by atoms with Crippen molar-refractivity contribution in [3.8, 4) is 0 Å². The summed E-state index contributed by atoms with van der Waals surface area (Å²) in [6, 6.07) is 17.9. The van der Waals surface area contributed by atoms with Gasteiger partial charge >= 0.3 is 0 Å². The van der Waals surface area contributed by atoms with Gasteiger partial charge < -0.3 is 5.11 Å². The molecule has 3 rings (SSSR count). The monoisotopic (exact) mass is 347 g/mol. The maximum atomic E-state index is 12.3. The highest BCUT2D eigenvalue weighted by Crippen LogP contribution is 2.33. The predicted molar refractivity (Wildman–Crippen MR) is 93.0 cm³/mol. The summed E-state index contributed by atoms with van der Waals surface area (Å²) in [4.78, 5) is 0.918. The highest BCUT2D eigenvalue weighted by molar-refractivity contribution is 7.89. The number of hydrogen-bond donors (Lipinski definition) is 2. The third kappa shape index (κ3) is 3.45. The summed E-state index contributed by atoms with van der Waals surface area (Å²) in [6.07, 6.45) is 0. The molecule has 1 heterocycles. The molecule has 1 aromatic heterocycles. The second-order valence-corrected chi connectivity index (χ2v) is 8.41. The van der Waals surface area contributed by atoms with Gasteiger partial charge in [0.15, 0.2) is 0 Å². The topological polar surface area (TPSA) is 66.4 Å². The maximum absolute atomic E-state index is 12.3. The lowest BCUT2D eigenvalue weighted by atomic mass is 10.1. The summed E-state index contributed by atoms with van der Waals surface area (Å²) in [5.41, 5.74) is -1.27. The Balaban J connectivity index is 1.81. The van der Waals surface area contributed by atoms with Crippen LogP contribution in [0.5, 0.6) is 0 Å². The Morgan fingerprint density at radius 2 is 1.74 bits per heavy atom. The van der Waals surface area contributed by atoms with Crippen molar-refractivity contribution in [2.75, 3.05) is 6.54 Å². The van der Waals surface area contributed by atoms with Gasteiger partial charge in [0.2, 0.25) is 10.0 Å². The van der Waals surface area contributed by atoms with Crippen molar-refractivity contribution in [2.24, 2.45) is 0 Å². The molecule has 0 radical (unpaired) electrons. The fraction of sp³-hybridized carbons (Fsp3) is 0.176. The van der Waals surface area contributed by atoms with Gasteiger partial charge in [-0.25, -0.2) is 13.1 Å². The molecule has 2 N–H and O–H groups in total. The number of sulfonamides is 1. The fourth-order valence-electron chi connectivity index (χ4n) is 2.25. The lowest BCUT2D eigenvalue weighted by Gasteiger charge is -2.22. The average Bonchev–Trinajstić information content (AvgIpc) is 2.99. The number of hydrogen-bond acceptors (Lipinski definition) is 4. The van der Waals surface area contributed by atoms with Crippen molar-refractivity contribution >= 4 is 31.4 Å². The van der Waals surface area contributed by atoms with Crippen molar-refractivity contribution in [1.29, 1.82) is 0 Å². The third-order valence-electron chi connectivity index (χ3n) is 3.62. The van der Waals surface area contributed by atoms with E-state index in [1.54, 1.807) is 25.1 Å². The molecule has 0 aliphatic rings. The molecular weight excluding hydrogens is 330 g/mol. The number of thiophene rings is 1. The lowest BCUT2D eigenvalue weighted by Crippen LogP contribution is -2.38. The van der Waals surface area contributed by atoms with Gasteiger partial charge in [-0.1, -0.05) is 36.4 Å². The summed E-state index contributed by atoms with van der Waals surface area (Å²) in [5.74, 6) is 0. The Labute approximate surface area is 139 Å². The van der Waals surface area contributed by atoms with Crippen molar-refractivity contribution in [2.45, 2.75) is 17.4 Å². The number of fused-ring (bicyclic) bond motifs is 1. The van der Waals surface area contributed by atoms with E-state index in [4.69, 9.17) is 0 Å². The SMILES string of the molecule is C[C@](O)(CNS(=O)(=O)c1ccccc1)c1cc2ccccc2s1. The Kier molecular flexibility index (Phi) is 4.25. The predicted octanol–water partition coefficient (Wildman–Crippen LogP) is 3.09. The average molecular weight is 347 g/mol. The molecule has 120 valence electrons. The van der Waals surface area contributed by atoms with Crippen LogP contribution in [0, 0.1) is 0 Å². The Hall–Kier alpha value is -1.73. The zero-order valence-electron chi connectivity index (χ0n) is 12.6. The molecule has 0 saturated carbocycles. The first-order valence-electron chi connectivity index (χ1n) is 7.15. The van der Waals surface area contributed by atoms with Crippen LogP contribution in [-0.4, -0.2) is 20.1 Å². The zero-order valence-corrected chi connectivity index (χ0v) is 14.2. The molecule has 2 aromatic carbocycles. The quantitative estimate of drug-likeness (QED) is 0.745. The van der Waals surface area contributed by atoms with Crippen LogP contribution < -0.4 is 4.72 Å². The first-order chi connectivity index (χ1) is 10.9. The molecule has 0 bridgehead atoms. The third-order valence-corrected chi connectivity index (χ3v) is 6.40. The summed E-state index contributed by atoms with van der Waals surface area (Å²) < 4.78 is 28.1. The Morgan fingerprint density at radius 1 is 1.09 bits per heavy atom. The van der Waals surface area contributed by atoms with Crippen molar-refractivity contribution in [3.05, 3.63) is 65.5 Å². The second-order valence-electron chi connectivity index (χ2n) is 5.56. The van der Waals surface area contributed by atoms with Crippen LogP contribution in [0.15, 0.2) is 65.6 Å². The van der Waals surface area contributed by atoms with Crippen LogP contribution in [0.25, 0.3) is 10.1 Å². The maximum Gasteiger partial charge on any atom is 0.240 e. The van der Waals surface area contributed by atoms with Gasteiger partial charge in [-0.3, -0.25) is 0 Å². The summed E-state index contributed by atoms with van der Waals surface area (Å²) >= 11 is 1.47. The molecule has 0 aliphatic carbocycles. The molecule has 0 fully saturated rings. The van der Waals surface area contributed by atoms with Gasteiger partial charge in [0.25, 0.3) is 0 Å². The van der Waals surface area contributed by atoms with E-state index in [1.807, 2.05) is 30.3 Å². The zero-order chi connectivity index (χ0) is 16.5. The van der Waals surface area contributed by atoms with Gasteiger partial charge in [-0.2, -0.15) is 0 Å². The molecule has 0 aliphatic heterocycles. The second kappa shape index (κ2) is 6.05. The molecule has 0 unspecified atom stereocenters. The van der Waals surface area contributed by atoms with Crippen LogP contribution in [-0.2, 0) is 15.6 Å². The molecule has 6 heteroatoms. The van der Waals surface area contributed by atoms with E-state index < -0.39 is 15.6 Å². The molecule has 4 nitrogen and oxygen atoms in total. The van der Waals surface area contributed by atoms with Crippen LogP contribution in [0.3, 0.4) is 0 Å². The van der Waals surface area contributed by atoms with E-state index in [2.05, 4.69) is 4.72 Å². The van der Waals surface area contributed by atoms with Gasteiger partial charge in [-0.05, 0) is 36.6 Å². The van der Waals surface area contributed by atoms with E-state index in [-0.39, 0.29) is 11.4 Å². The van der Waals surface area contributed by atoms with Crippen LogP contribution >= 0.6 is 11.3 Å². The summed E-state index contributed by atoms with van der Waals surface area (Å²) in [6.45, 7) is 1.53. The molecule has 0 amide bonds. The molecule has 3 aromatic rings. The normalized spacial score (nSPS) is 14.7. The Morgan fingerprint density at radius 3 is 2.43 bits per heavy atom. The van der Waals surface area contributed by atoms with Crippen LogP contribution in [0.4, 0.5) is 0 Å². The fourth-order valence-corrected chi connectivity index (χ4v) is 4.51. The van der Waals surface area contributed by atoms with E-state index in [0.717, 1.165) is 15.0 Å². The minimum Gasteiger partial charge on any atom is -0.383 e. The van der Waals surface area contributed by atoms with Crippen molar-refractivity contribution in [1.82, 2.24) is 4.72 Å². The number of aliphatic hydroxyl groups is 1. The first-order valence-corrected chi connectivity index (χ1v) is 9.45. The first kappa shape index (κ1) is 16.1. The summed E-state index contributed by atoms with van der Waals surface area (Å²) in [5, 5.41) is 11.7. The largest absolute Gasteiger partial charge is 0.383 e. The standard InChI is InChI=1S/C17H17NO3S2/c1-17(19,16-11-13-7-5-6-10-15(13)22-16)12-18-23(20,21)14-8-3-2-4-9-14/h2-11,18-19H,12H2,1H3/t17-/m0/s1. The summed E-state index contributed by atoms with van der Waals surface area (Å²) in [7, 11) is -3.64. The van der Waals surface area contributed by atoms with Gasteiger partial charge in [-0.15, -0.1) is 11.3 Å². The lowest BCUT2D eigenvalue weighted by molar-refractivity contribution is 0.0666. The van der Waals surface area contributed by atoms with E-state index in [9.17, 15) is 13.5 Å². The van der Waals surface area contributed by atoms with E-state index in [0.29, 0.717) is 0 Å². The van der Waals surface area contributed by atoms with Crippen LogP contribution in [0.2, 0.25) is 0 Å². The van der Waals surface area contributed by atoms with Gasteiger partial charge in [0.1, 0.15) is 5.60 Å². The number of nitrogens with one attached hydrogen (secondary N) is 1.